The summed E-state index contributed by atoms with van der Waals surface area (Å²) in [5.41, 5.74) is 2.32. The normalized spacial score (nSPS) is 14.3. The maximum absolute atomic E-state index is 13.4. The van der Waals surface area contributed by atoms with Crippen molar-refractivity contribution >= 4 is 22.6 Å². The van der Waals surface area contributed by atoms with E-state index in [0.29, 0.717) is 48.7 Å². The minimum absolute atomic E-state index is 0.00134. The van der Waals surface area contributed by atoms with Crippen LogP contribution in [0.1, 0.15) is 15.9 Å². The smallest absolute Gasteiger partial charge is 0.267 e. The number of hydrogen-bond donors (Lipinski definition) is 1. The van der Waals surface area contributed by atoms with Crippen LogP contribution in [-0.4, -0.2) is 51.1 Å². The summed E-state index contributed by atoms with van der Waals surface area (Å²) in [6.45, 7) is 3.73. The molecule has 0 unspecified atom stereocenters. The lowest BCUT2D eigenvalue weighted by Gasteiger charge is -2.27. The molecule has 3 aromatic heterocycles. The monoisotopic (exact) mass is 415 g/mol. The van der Waals surface area contributed by atoms with E-state index in [1.807, 2.05) is 43.3 Å². The minimum atomic E-state index is -0.284. The lowest BCUT2D eigenvalue weighted by Crippen LogP contribution is -2.43. The molecule has 1 amide bonds. The van der Waals surface area contributed by atoms with Crippen LogP contribution in [0.25, 0.3) is 22.4 Å². The number of para-hydroxylation sites is 1. The molecule has 0 radical (unpaired) electrons. The summed E-state index contributed by atoms with van der Waals surface area (Å²) in [5, 5.41) is 9.15. The van der Waals surface area contributed by atoms with Crippen molar-refractivity contribution in [2.24, 2.45) is 0 Å². The minimum Gasteiger partial charge on any atom is -0.378 e. The first-order valence-electron chi connectivity index (χ1n) is 10.1. The topological polar surface area (TPSA) is 92.7 Å². The third-order valence-corrected chi connectivity index (χ3v) is 5.51. The predicted octanol–water partition coefficient (Wildman–Crippen LogP) is 1.90. The molecule has 31 heavy (non-hydrogen) atoms. The first-order valence-corrected chi connectivity index (χ1v) is 10.1. The van der Waals surface area contributed by atoms with E-state index in [2.05, 4.69) is 0 Å². The number of nitrogens with zero attached hydrogens (tertiary/aromatic N) is 4. The first kappa shape index (κ1) is 19.2. The van der Waals surface area contributed by atoms with E-state index < -0.39 is 0 Å². The van der Waals surface area contributed by atoms with Crippen LogP contribution in [0.15, 0.2) is 59.5 Å². The molecule has 4 aromatic rings. The van der Waals surface area contributed by atoms with E-state index in [-0.39, 0.29) is 22.5 Å². The van der Waals surface area contributed by atoms with E-state index in [4.69, 9.17) is 15.1 Å². The van der Waals surface area contributed by atoms with Gasteiger partial charge in [-0.15, -0.1) is 0 Å². The van der Waals surface area contributed by atoms with E-state index in [9.17, 15) is 9.59 Å². The Morgan fingerprint density at radius 2 is 1.84 bits per heavy atom. The summed E-state index contributed by atoms with van der Waals surface area (Å²) in [5.74, 6) is -0.284. The number of carbonyl (C=O) groups is 1. The number of hydrogen-bond acceptors (Lipinski definition) is 5. The predicted molar refractivity (Wildman–Crippen MR) is 116 cm³/mol. The van der Waals surface area contributed by atoms with Gasteiger partial charge in [0.15, 0.2) is 5.65 Å². The molecule has 1 aliphatic heterocycles. The summed E-state index contributed by atoms with van der Waals surface area (Å²) in [6.07, 6.45) is 1.73. The highest BCUT2D eigenvalue weighted by molar-refractivity contribution is 5.97. The number of carbonyl (C=O) groups excluding carboxylic acids is 1. The van der Waals surface area contributed by atoms with E-state index in [0.717, 1.165) is 5.56 Å². The van der Waals surface area contributed by atoms with Gasteiger partial charge in [-0.1, -0.05) is 24.3 Å². The van der Waals surface area contributed by atoms with Gasteiger partial charge < -0.3 is 9.64 Å². The van der Waals surface area contributed by atoms with Crippen LogP contribution in [0.4, 0.5) is 0 Å². The second-order valence-corrected chi connectivity index (χ2v) is 7.57. The third-order valence-electron chi connectivity index (χ3n) is 5.51. The van der Waals surface area contributed by atoms with Crippen LogP contribution < -0.4 is 11.0 Å². The third kappa shape index (κ3) is 3.21. The van der Waals surface area contributed by atoms with E-state index in [1.54, 1.807) is 21.7 Å². The molecule has 0 aliphatic carbocycles. The van der Waals surface area contributed by atoms with Crippen LogP contribution in [0.2, 0.25) is 0 Å². The molecular weight excluding hydrogens is 394 g/mol. The van der Waals surface area contributed by atoms with Gasteiger partial charge in [0.05, 0.1) is 24.2 Å². The van der Waals surface area contributed by atoms with Gasteiger partial charge in [0.1, 0.15) is 11.1 Å². The molecule has 0 spiro atoms. The molecule has 0 atom stereocenters. The van der Waals surface area contributed by atoms with Gasteiger partial charge >= 0.3 is 0 Å². The molecule has 8 nitrogen and oxygen atoms in total. The lowest BCUT2D eigenvalue weighted by atomic mass is 10.1. The number of aryl methyl sites for hydroxylation is 1. The van der Waals surface area contributed by atoms with Gasteiger partial charge in [0.25, 0.3) is 11.5 Å². The molecular formula is C23H21N5O3. The number of amides is 1. The molecule has 5 rings (SSSR count). The fourth-order valence-corrected chi connectivity index (χ4v) is 3.91. The van der Waals surface area contributed by atoms with Gasteiger partial charge in [-0.05, 0) is 36.8 Å². The Morgan fingerprint density at radius 1 is 1.10 bits per heavy atom. The van der Waals surface area contributed by atoms with E-state index >= 15 is 0 Å². The fraction of sp³-hybridized carbons (Fsp3) is 0.217. The van der Waals surface area contributed by atoms with Gasteiger partial charge in [0, 0.05) is 25.0 Å². The maximum atomic E-state index is 13.4. The van der Waals surface area contributed by atoms with Gasteiger partial charge in [0.2, 0.25) is 0 Å². The molecule has 1 saturated heterocycles. The molecule has 4 heterocycles. The highest BCUT2D eigenvalue weighted by Crippen LogP contribution is 2.16. The second kappa shape index (κ2) is 7.48. The van der Waals surface area contributed by atoms with Crippen molar-refractivity contribution in [2.75, 3.05) is 26.3 Å². The van der Waals surface area contributed by atoms with Crippen LogP contribution in [0, 0.1) is 12.3 Å². The Morgan fingerprint density at radius 3 is 2.58 bits per heavy atom. The quantitative estimate of drug-likeness (QED) is 0.506. The number of morpholine rings is 1. The molecule has 156 valence electrons. The molecule has 0 saturated carbocycles. The Bertz CT molecular complexity index is 1430. The molecule has 8 heteroatoms. The summed E-state index contributed by atoms with van der Waals surface area (Å²) < 4.78 is 8.41. The Kier molecular flexibility index (Phi) is 4.63. The Labute approximate surface area is 177 Å². The number of aromatic nitrogens is 3. The zero-order valence-corrected chi connectivity index (χ0v) is 17.0. The highest BCUT2D eigenvalue weighted by atomic mass is 16.5. The fourth-order valence-electron chi connectivity index (χ4n) is 3.91. The SMILES string of the molecule is Cc1ccc2nc3c(cc(C(=O)N4CCOCC4)c(=N)n3-c3ccccc3)c(=O)n2c1. The number of nitrogens with one attached hydrogen (secondary N) is 1. The number of rotatable bonds is 2. The second-order valence-electron chi connectivity index (χ2n) is 7.57. The molecule has 0 bridgehead atoms. The molecule has 1 fully saturated rings. The highest BCUT2D eigenvalue weighted by Gasteiger charge is 2.23. The van der Waals surface area contributed by atoms with Gasteiger partial charge in [-0.25, -0.2) is 4.98 Å². The van der Waals surface area contributed by atoms with Crippen LogP contribution in [0.3, 0.4) is 0 Å². The molecule has 1 aromatic carbocycles. The number of pyridine rings is 2. The van der Waals surface area contributed by atoms with Crippen molar-refractivity contribution in [3.8, 4) is 5.69 Å². The summed E-state index contributed by atoms with van der Waals surface area (Å²) in [7, 11) is 0. The average Bonchev–Trinajstić information content (AvgIpc) is 2.80. The van der Waals surface area contributed by atoms with Crippen molar-refractivity contribution < 1.29 is 9.53 Å². The van der Waals surface area contributed by atoms with Crippen molar-refractivity contribution in [3.05, 3.63) is 81.7 Å². The largest absolute Gasteiger partial charge is 0.378 e. The van der Waals surface area contributed by atoms with Gasteiger partial charge in [-0.3, -0.25) is 24.0 Å². The summed E-state index contributed by atoms with van der Waals surface area (Å²) in [4.78, 5) is 33.0. The van der Waals surface area contributed by atoms with Crippen molar-refractivity contribution in [3.63, 3.8) is 0 Å². The van der Waals surface area contributed by atoms with Crippen LogP contribution in [-0.2, 0) is 4.74 Å². The summed E-state index contributed by atoms with van der Waals surface area (Å²) >= 11 is 0. The lowest BCUT2D eigenvalue weighted by molar-refractivity contribution is 0.0301. The average molecular weight is 415 g/mol. The summed E-state index contributed by atoms with van der Waals surface area (Å²) in [6, 6.07) is 14.4. The van der Waals surface area contributed by atoms with Crippen LogP contribution in [0.5, 0.6) is 0 Å². The molecule has 1 N–H and O–H groups in total. The number of fused-ring (bicyclic) bond motifs is 2. The Hall–Kier alpha value is -3.78. The van der Waals surface area contributed by atoms with Crippen molar-refractivity contribution in [1.29, 1.82) is 5.41 Å². The number of ether oxygens (including phenoxy) is 1. The maximum Gasteiger partial charge on any atom is 0.267 e. The van der Waals surface area contributed by atoms with E-state index in [1.165, 1.54) is 10.5 Å². The Balaban J connectivity index is 1.87. The number of benzene rings is 1. The standard InChI is InChI=1S/C23H21N5O3/c1-15-7-8-19-25-21-18(23(30)27(19)14-15)13-17(22(29)26-9-11-31-12-10-26)20(24)28(21)16-5-3-2-4-6-16/h2-8,13-14,24H,9-12H2,1H3. The van der Waals surface area contributed by atoms with Crippen molar-refractivity contribution in [1.82, 2.24) is 18.9 Å². The molecule has 1 aliphatic rings. The zero-order chi connectivity index (χ0) is 21.5. The first-order chi connectivity index (χ1) is 15.0. The van der Waals surface area contributed by atoms with Crippen LogP contribution >= 0.6 is 0 Å². The zero-order valence-electron chi connectivity index (χ0n) is 17.0. The van der Waals surface area contributed by atoms with Gasteiger partial charge in [-0.2, -0.15) is 0 Å². The van der Waals surface area contributed by atoms with Crippen molar-refractivity contribution in [2.45, 2.75) is 6.92 Å².